The highest BCUT2D eigenvalue weighted by Crippen LogP contribution is 2.26. The van der Waals surface area contributed by atoms with Gasteiger partial charge in [0.15, 0.2) is 0 Å². The monoisotopic (exact) mass is 383 g/mol. The third-order valence-corrected chi connectivity index (χ3v) is 5.12. The first-order valence-electron chi connectivity index (χ1n) is 7.67. The number of rotatable bonds is 8. The molecule has 0 aliphatic heterocycles. The molecule has 1 atom stereocenters. The third kappa shape index (κ3) is 6.27. The fraction of sp³-hybridized carbons (Fsp3) is 0.278. The summed E-state index contributed by atoms with van der Waals surface area (Å²) in [5.74, 6) is 0.744. The molecule has 3 nitrogen and oxygen atoms in total. The Morgan fingerprint density at radius 3 is 2.25 bits per heavy atom. The van der Waals surface area contributed by atoms with Crippen LogP contribution in [0.2, 0.25) is 10.0 Å². The van der Waals surface area contributed by atoms with Gasteiger partial charge in [0.2, 0.25) is 5.91 Å². The predicted octanol–water partition coefficient (Wildman–Crippen LogP) is 5.06. The van der Waals surface area contributed by atoms with Gasteiger partial charge < -0.3 is 10.1 Å². The van der Waals surface area contributed by atoms with Gasteiger partial charge in [-0.15, -0.1) is 11.8 Å². The summed E-state index contributed by atoms with van der Waals surface area (Å²) in [6.07, 6.45) is 0.747. The summed E-state index contributed by atoms with van der Waals surface area (Å²) in [4.78, 5) is 13.3. The van der Waals surface area contributed by atoms with E-state index in [0.717, 1.165) is 17.1 Å². The zero-order valence-corrected chi connectivity index (χ0v) is 15.6. The van der Waals surface area contributed by atoms with Crippen molar-refractivity contribution in [2.45, 2.75) is 23.5 Å². The van der Waals surface area contributed by atoms with E-state index >= 15 is 0 Å². The van der Waals surface area contributed by atoms with Crippen LogP contribution < -0.4 is 10.1 Å². The zero-order valence-electron chi connectivity index (χ0n) is 13.3. The fourth-order valence-electron chi connectivity index (χ4n) is 1.99. The molecular weight excluding hydrogens is 365 g/mol. The number of nitrogens with one attached hydrogen (secondary N) is 1. The largest absolute Gasteiger partial charge is 0.492 e. The third-order valence-electron chi connectivity index (χ3n) is 3.24. The summed E-state index contributed by atoms with van der Waals surface area (Å²) in [5, 5.41) is 4.13. The molecule has 2 rings (SSSR count). The summed E-state index contributed by atoms with van der Waals surface area (Å²) < 4.78 is 5.56. The molecule has 0 saturated heterocycles. The van der Waals surface area contributed by atoms with Crippen molar-refractivity contribution in [1.82, 2.24) is 5.32 Å². The second kappa shape index (κ2) is 9.82. The van der Waals surface area contributed by atoms with Crippen molar-refractivity contribution >= 4 is 40.9 Å². The zero-order chi connectivity index (χ0) is 17.4. The lowest BCUT2D eigenvalue weighted by Crippen LogP contribution is -2.35. The van der Waals surface area contributed by atoms with Gasteiger partial charge in [-0.1, -0.05) is 30.1 Å². The molecular formula is C18H19Cl2NO2S. The minimum absolute atomic E-state index is 0.0113. The summed E-state index contributed by atoms with van der Waals surface area (Å²) in [6.45, 7) is 2.87. The van der Waals surface area contributed by atoms with Crippen LogP contribution >= 0.6 is 35.0 Å². The predicted molar refractivity (Wildman–Crippen MR) is 101 cm³/mol. The van der Waals surface area contributed by atoms with Crippen molar-refractivity contribution in [1.29, 1.82) is 0 Å². The van der Waals surface area contributed by atoms with Crippen LogP contribution in [0, 0.1) is 0 Å². The lowest BCUT2D eigenvalue weighted by molar-refractivity contribution is -0.120. The molecule has 0 spiro atoms. The van der Waals surface area contributed by atoms with Crippen molar-refractivity contribution in [3.05, 3.63) is 58.6 Å². The van der Waals surface area contributed by atoms with Gasteiger partial charge in [0.1, 0.15) is 12.4 Å². The highest BCUT2D eigenvalue weighted by Gasteiger charge is 2.17. The maximum atomic E-state index is 12.3. The molecule has 6 heteroatoms. The van der Waals surface area contributed by atoms with E-state index in [1.54, 1.807) is 24.3 Å². The van der Waals surface area contributed by atoms with Gasteiger partial charge in [0.25, 0.3) is 0 Å². The molecule has 0 bridgehead atoms. The van der Waals surface area contributed by atoms with Gasteiger partial charge >= 0.3 is 0 Å². The van der Waals surface area contributed by atoms with Crippen LogP contribution in [0.5, 0.6) is 5.75 Å². The summed E-state index contributed by atoms with van der Waals surface area (Å²) >= 11 is 13.2. The Hall–Kier alpha value is -1.36. The molecule has 0 aromatic heterocycles. The molecule has 2 aromatic rings. The van der Waals surface area contributed by atoms with E-state index in [9.17, 15) is 4.79 Å². The van der Waals surface area contributed by atoms with E-state index in [1.165, 1.54) is 11.8 Å². The highest BCUT2D eigenvalue weighted by molar-refractivity contribution is 8.00. The number of hydrogen-bond acceptors (Lipinski definition) is 3. The Bertz CT molecular complexity index is 647. The Labute approximate surface area is 156 Å². The van der Waals surface area contributed by atoms with Crippen molar-refractivity contribution in [3.63, 3.8) is 0 Å². The Balaban J connectivity index is 1.75. The Morgan fingerprint density at radius 1 is 1.08 bits per heavy atom. The van der Waals surface area contributed by atoms with Gasteiger partial charge in [-0.2, -0.15) is 0 Å². The van der Waals surface area contributed by atoms with E-state index in [0.29, 0.717) is 23.2 Å². The topological polar surface area (TPSA) is 38.3 Å². The highest BCUT2D eigenvalue weighted by atomic mass is 35.5. The van der Waals surface area contributed by atoms with E-state index in [-0.39, 0.29) is 11.2 Å². The molecule has 0 heterocycles. The van der Waals surface area contributed by atoms with Crippen molar-refractivity contribution < 1.29 is 9.53 Å². The van der Waals surface area contributed by atoms with E-state index in [2.05, 4.69) is 5.32 Å². The molecule has 2 aromatic carbocycles. The van der Waals surface area contributed by atoms with Gasteiger partial charge in [-0.3, -0.25) is 4.79 Å². The van der Waals surface area contributed by atoms with Crippen LogP contribution in [0.15, 0.2) is 53.4 Å². The number of hydrogen-bond donors (Lipinski definition) is 1. The summed E-state index contributed by atoms with van der Waals surface area (Å²) in [6, 6.07) is 14.6. The average molecular weight is 384 g/mol. The molecule has 128 valence electrons. The van der Waals surface area contributed by atoms with Crippen LogP contribution in [0.1, 0.15) is 13.3 Å². The standard InChI is InChI=1S/C18H19Cl2NO2S/c1-2-17(24-16-9-5-14(20)6-10-16)18(22)21-11-12-23-15-7-3-13(19)4-8-15/h3-10,17H,2,11-12H2,1H3,(H,21,22)/t17-/m1/s1. The van der Waals surface area contributed by atoms with Crippen LogP contribution in [0.25, 0.3) is 0 Å². The molecule has 0 fully saturated rings. The van der Waals surface area contributed by atoms with Gasteiger partial charge in [-0.25, -0.2) is 0 Å². The summed E-state index contributed by atoms with van der Waals surface area (Å²) in [7, 11) is 0. The molecule has 1 amide bonds. The first-order valence-corrected chi connectivity index (χ1v) is 9.30. The van der Waals surface area contributed by atoms with Gasteiger partial charge in [0.05, 0.1) is 11.8 Å². The average Bonchev–Trinajstić information content (AvgIpc) is 2.59. The normalized spacial score (nSPS) is 11.8. The van der Waals surface area contributed by atoms with Gasteiger partial charge in [0, 0.05) is 14.9 Å². The number of halogens is 2. The lowest BCUT2D eigenvalue weighted by atomic mass is 10.3. The Kier molecular flexibility index (Phi) is 7.76. The molecule has 0 radical (unpaired) electrons. The smallest absolute Gasteiger partial charge is 0.233 e. The second-order valence-electron chi connectivity index (χ2n) is 5.06. The Morgan fingerprint density at radius 2 is 1.67 bits per heavy atom. The quantitative estimate of drug-likeness (QED) is 0.511. The molecule has 24 heavy (non-hydrogen) atoms. The number of benzene rings is 2. The fourth-order valence-corrected chi connectivity index (χ4v) is 3.22. The number of amides is 1. The lowest BCUT2D eigenvalue weighted by Gasteiger charge is -2.15. The number of carbonyl (C=O) groups excluding carboxylic acids is 1. The number of carbonyl (C=O) groups is 1. The van der Waals surface area contributed by atoms with Crippen molar-refractivity contribution in [3.8, 4) is 5.75 Å². The molecule has 0 unspecified atom stereocenters. The van der Waals surface area contributed by atoms with Crippen LogP contribution in [0.3, 0.4) is 0 Å². The van der Waals surface area contributed by atoms with E-state index in [4.69, 9.17) is 27.9 Å². The molecule has 1 N–H and O–H groups in total. The van der Waals surface area contributed by atoms with E-state index < -0.39 is 0 Å². The maximum Gasteiger partial charge on any atom is 0.233 e. The van der Waals surface area contributed by atoms with Gasteiger partial charge in [-0.05, 0) is 55.0 Å². The van der Waals surface area contributed by atoms with Crippen LogP contribution in [0.4, 0.5) is 0 Å². The molecule has 0 aliphatic rings. The first kappa shape index (κ1) is 19.0. The molecule has 0 aliphatic carbocycles. The SMILES string of the molecule is CC[C@@H](Sc1ccc(Cl)cc1)C(=O)NCCOc1ccc(Cl)cc1. The van der Waals surface area contributed by atoms with Crippen LogP contribution in [-0.4, -0.2) is 24.3 Å². The first-order chi connectivity index (χ1) is 11.6. The second-order valence-corrected chi connectivity index (χ2v) is 7.21. The van der Waals surface area contributed by atoms with Crippen LogP contribution in [-0.2, 0) is 4.79 Å². The summed E-state index contributed by atoms with van der Waals surface area (Å²) in [5.41, 5.74) is 0. The van der Waals surface area contributed by atoms with Crippen molar-refractivity contribution in [2.75, 3.05) is 13.2 Å². The minimum atomic E-state index is -0.137. The van der Waals surface area contributed by atoms with E-state index in [1.807, 2.05) is 31.2 Å². The minimum Gasteiger partial charge on any atom is -0.492 e. The number of thioether (sulfide) groups is 1. The molecule has 0 saturated carbocycles. The van der Waals surface area contributed by atoms with Crippen molar-refractivity contribution in [2.24, 2.45) is 0 Å². The number of ether oxygens (including phenoxy) is 1. The maximum absolute atomic E-state index is 12.3.